The summed E-state index contributed by atoms with van der Waals surface area (Å²) in [4.78, 5) is 13.5. The Hall–Kier alpha value is -1.34. The SMILES string of the molecule is CC1CCC2C(CCC3C2CCC2(C)C(C(=O)CN/C=C(/C#N)C(=N)Cl)CC(C4CC4)C32)C1. The molecule has 0 bridgehead atoms. The molecule has 0 heterocycles. The predicted molar refractivity (Wildman–Crippen MR) is 132 cm³/mol. The number of halogens is 1. The quantitative estimate of drug-likeness (QED) is 0.353. The molecule has 0 aromatic heterocycles. The lowest BCUT2D eigenvalue weighted by Gasteiger charge is -2.57. The first-order chi connectivity index (χ1) is 15.8. The monoisotopic (exact) mass is 469 g/mol. The van der Waals surface area contributed by atoms with Gasteiger partial charge in [0.2, 0.25) is 0 Å². The van der Waals surface area contributed by atoms with E-state index in [0.717, 1.165) is 53.8 Å². The summed E-state index contributed by atoms with van der Waals surface area (Å²) >= 11 is 5.65. The number of hydrogen-bond acceptors (Lipinski definition) is 4. The molecule has 0 saturated heterocycles. The summed E-state index contributed by atoms with van der Waals surface area (Å²) in [5, 5.41) is 19.3. The Balaban J connectivity index is 1.34. The van der Waals surface area contributed by atoms with Crippen LogP contribution >= 0.6 is 11.6 Å². The lowest BCUT2D eigenvalue weighted by atomic mass is 9.48. The number of ketones is 1. The summed E-state index contributed by atoms with van der Waals surface area (Å²) in [7, 11) is 0. The van der Waals surface area contributed by atoms with Gasteiger partial charge in [0.15, 0.2) is 5.78 Å². The number of carbonyl (C=O) groups is 1. The summed E-state index contributed by atoms with van der Waals surface area (Å²) in [6, 6.07) is 1.92. The molecule has 5 rings (SSSR count). The van der Waals surface area contributed by atoms with Crippen LogP contribution in [0.25, 0.3) is 0 Å². The third-order valence-corrected chi connectivity index (χ3v) is 11.0. The molecule has 0 aromatic rings. The van der Waals surface area contributed by atoms with Crippen molar-refractivity contribution in [2.75, 3.05) is 6.54 Å². The molecule has 0 aliphatic heterocycles. The maximum Gasteiger partial charge on any atom is 0.155 e. The Bertz CT molecular complexity index is 873. The number of hydrogen-bond donors (Lipinski definition) is 2. The summed E-state index contributed by atoms with van der Waals surface area (Å²) < 4.78 is 0. The summed E-state index contributed by atoms with van der Waals surface area (Å²) in [5.74, 6) is 7.27. The predicted octanol–water partition coefficient (Wildman–Crippen LogP) is 6.31. The molecule has 0 amide bonds. The van der Waals surface area contributed by atoms with Gasteiger partial charge in [-0.05, 0) is 111 Å². The number of fused-ring (bicyclic) bond motifs is 5. The van der Waals surface area contributed by atoms with E-state index in [2.05, 4.69) is 19.2 Å². The van der Waals surface area contributed by atoms with Crippen molar-refractivity contribution in [1.82, 2.24) is 5.32 Å². The van der Waals surface area contributed by atoms with Crippen molar-refractivity contribution in [3.05, 3.63) is 11.8 Å². The van der Waals surface area contributed by atoms with Gasteiger partial charge in [-0.3, -0.25) is 10.2 Å². The average molecular weight is 470 g/mol. The average Bonchev–Trinajstić information content (AvgIpc) is 3.57. The van der Waals surface area contributed by atoms with Crippen LogP contribution in [0.3, 0.4) is 0 Å². The molecule has 0 spiro atoms. The van der Waals surface area contributed by atoms with Crippen molar-refractivity contribution >= 4 is 22.6 Å². The summed E-state index contributed by atoms with van der Waals surface area (Å²) in [6.07, 6.45) is 14.9. The number of nitrogens with zero attached hydrogens (tertiary/aromatic N) is 1. The Labute approximate surface area is 204 Å². The van der Waals surface area contributed by atoms with Crippen LogP contribution in [-0.4, -0.2) is 17.5 Å². The van der Waals surface area contributed by atoms with Gasteiger partial charge in [-0.1, -0.05) is 31.9 Å². The lowest BCUT2D eigenvalue weighted by molar-refractivity contribution is -0.130. The molecule has 9 unspecified atom stereocenters. The van der Waals surface area contributed by atoms with E-state index in [4.69, 9.17) is 22.3 Å². The van der Waals surface area contributed by atoms with Crippen molar-refractivity contribution in [3.63, 3.8) is 0 Å². The lowest BCUT2D eigenvalue weighted by Crippen LogP contribution is -2.51. The first-order valence-electron chi connectivity index (χ1n) is 13.4. The number of Topliss-reactive ketones (excluding diaryl/α,β-unsaturated/α-hetero) is 1. The van der Waals surface area contributed by atoms with Crippen LogP contribution < -0.4 is 5.32 Å². The molecule has 5 aliphatic carbocycles. The van der Waals surface area contributed by atoms with Crippen LogP contribution in [0.1, 0.15) is 78.1 Å². The maximum atomic E-state index is 13.5. The van der Waals surface area contributed by atoms with Crippen molar-refractivity contribution in [2.24, 2.45) is 58.7 Å². The number of nitrogens with one attached hydrogen (secondary N) is 2. The number of nitriles is 1. The highest BCUT2D eigenvalue weighted by atomic mass is 35.5. The second-order valence-electron chi connectivity index (χ2n) is 12.4. The van der Waals surface area contributed by atoms with E-state index < -0.39 is 0 Å². The molecule has 4 nitrogen and oxygen atoms in total. The van der Waals surface area contributed by atoms with E-state index in [9.17, 15) is 4.79 Å². The minimum absolute atomic E-state index is 0.0786. The minimum Gasteiger partial charge on any atom is -0.383 e. The first-order valence-corrected chi connectivity index (χ1v) is 13.8. The molecule has 180 valence electrons. The molecule has 0 aromatic carbocycles. The maximum absolute atomic E-state index is 13.5. The second-order valence-corrected chi connectivity index (χ2v) is 12.8. The van der Waals surface area contributed by atoms with Crippen molar-refractivity contribution < 1.29 is 4.79 Å². The van der Waals surface area contributed by atoms with Gasteiger partial charge in [-0.15, -0.1) is 0 Å². The Morgan fingerprint density at radius 3 is 2.48 bits per heavy atom. The molecule has 5 saturated carbocycles. The van der Waals surface area contributed by atoms with Gasteiger partial charge in [-0.2, -0.15) is 5.26 Å². The van der Waals surface area contributed by atoms with Crippen LogP contribution in [0.15, 0.2) is 11.8 Å². The number of carbonyl (C=O) groups excluding carboxylic acids is 1. The van der Waals surface area contributed by atoms with E-state index in [1.54, 1.807) is 0 Å². The molecular weight excluding hydrogens is 430 g/mol. The third kappa shape index (κ3) is 4.18. The summed E-state index contributed by atoms with van der Waals surface area (Å²) in [5.41, 5.74) is 0.207. The second kappa shape index (κ2) is 9.03. The zero-order valence-electron chi connectivity index (χ0n) is 20.3. The van der Waals surface area contributed by atoms with Gasteiger partial charge in [-0.25, -0.2) is 0 Å². The van der Waals surface area contributed by atoms with Gasteiger partial charge in [0, 0.05) is 12.1 Å². The highest BCUT2D eigenvalue weighted by Gasteiger charge is 2.63. The van der Waals surface area contributed by atoms with E-state index in [1.165, 1.54) is 64.0 Å². The van der Waals surface area contributed by atoms with Gasteiger partial charge < -0.3 is 5.32 Å². The Morgan fingerprint density at radius 1 is 1.06 bits per heavy atom. The fraction of sp³-hybridized carbons (Fsp3) is 0.821. The van der Waals surface area contributed by atoms with Gasteiger partial charge >= 0.3 is 0 Å². The van der Waals surface area contributed by atoms with Gasteiger partial charge in [0.25, 0.3) is 0 Å². The van der Waals surface area contributed by atoms with Crippen LogP contribution in [0.5, 0.6) is 0 Å². The molecule has 2 N–H and O–H groups in total. The molecule has 33 heavy (non-hydrogen) atoms. The first kappa shape index (κ1) is 23.4. The van der Waals surface area contributed by atoms with Crippen LogP contribution in [0, 0.1) is 75.4 Å². The zero-order valence-corrected chi connectivity index (χ0v) is 21.0. The largest absolute Gasteiger partial charge is 0.383 e. The Morgan fingerprint density at radius 2 is 1.79 bits per heavy atom. The number of rotatable bonds is 6. The normalized spacial score (nSPS) is 44.7. The standard InChI is InChI=1S/C28H40ClN3O/c1-16-3-7-20-18(11-16)6-8-22-21(20)9-10-28(2)24(12-23(26(22)28)17-4-5-17)25(33)15-32-14-19(13-30)27(29)31/h14,16-18,20-24,26,31-32H,3-12,15H2,1-2H3/b19-14-,31-27?. The van der Waals surface area contributed by atoms with Crippen molar-refractivity contribution in [3.8, 4) is 6.07 Å². The van der Waals surface area contributed by atoms with E-state index >= 15 is 0 Å². The van der Waals surface area contributed by atoms with Gasteiger partial charge in [0.1, 0.15) is 16.8 Å². The minimum atomic E-state index is -0.287. The fourth-order valence-electron chi connectivity index (χ4n) is 9.30. The van der Waals surface area contributed by atoms with Crippen LogP contribution in [-0.2, 0) is 4.79 Å². The van der Waals surface area contributed by atoms with Crippen LogP contribution in [0.2, 0.25) is 0 Å². The molecule has 9 atom stereocenters. The highest BCUT2D eigenvalue weighted by molar-refractivity contribution is 6.69. The molecule has 0 radical (unpaired) electrons. The van der Waals surface area contributed by atoms with Crippen molar-refractivity contribution in [2.45, 2.75) is 78.1 Å². The fourth-order valence-corrected chi connectivity index (χ4v) is 9.39. The zero-order chi connectivity index (χ0) is 23.3. The Kier molecular flexibility index (Phi) is 6.40. The van der Waals surface area contributed by atoms with E-state index in [1.807, 2.05) is 6.07 Å². The van der Waals surface area contributed by atoms with Crippen molar-refractivity contribution in [1.29, 1.82) is 10.7 Å². The molecular formula is C28H40ClN3O. The molecule has 5 fully saturated rings. The molecule has 5 heteroatoms. The van der Waals surface area contributed by atoms with E-state index in [-0.39, 0.29) is 28.6 Å². The number of allylic oxidation sites excluding steroid dienone is 1. The van der Waals surface area contributed by atoms with Crippen LogP contribution in [0.4, 0.5) is 0 Å². The van der Waals surface area contributed by atoms with Gasteiger partial charge in [0.05, 0.1) is 6.54 Å². The van der Waals surface area contributed by atoms with E-state index in [0.29, 0.717) is 5.78 Å². The molecule has 5 aliphatic rings. The highest BCUT2D eigenvalue weighted by Crippen LogP contribution is 2.69. The topological polar surface area (TPSA) is 76.7 Å². The smallest absolute Gasteiger partial charge is 0.155 e. The third-order valence-electron chi connectivity index (χ3n) is 10.8. The summed E-state index contributed by atoms with van der Waals surface area (Å²) in [6.45, 7) is 5.14.